The Morgan fingerprint density at radius 2 is 2.00 bits per heavy atom. The van der Waals surface area contributed by atoms with E-state index in [0.29, 0.717) is 12.2 Å². The van der Waals surface area contributed by atoms with E-state index in [1.807, 2.05) is 0 Å². The van der Waals surface area contributed by atoms with Crippen molar-refractivity contribution in [3.63, 3.8) is 0 Å². The molecule has 1 heterocycles. The summed E-state index contributed by atoms with van der Waals surface area (Å²) in [6, 6.07) is 3.32. The molecule has 0 bridgehead atoms. The maximum Gasteiger partial charge on any atom is 0.338 e. The molecule has 82 valence electrons. The molecule has 0 N–H and O–H groups in total. The number of ether oxygens (including phenoxy) is 1. The number of aromatic nitrogens is 1. The van der Waals surface area contributed by atoms with Gasteiger partial charge in [0.25, 0.3) is 0 Å². The van der Waals surface area contributed by atoms with Gasteiger partial charge in [0.15, 0.2) is 0 Å². The van der Waals surface area contributed by atoms with Crippen LogP contribution in [0.1, 0.15) is 43.0 Å². The highest BCUT2D eigenvalue weighted by Gasteiger charge is 2.04. The largest absolute Gasteiger partial charge is 0.462 e. The van der Waals surface area contributed by atoms with Gasteiger partial charge in [0.05, 0.1) is 12.2 Å². The van der Waals surface area contributed by atoms with Gasteiger partial charge in [0.2, 0.25) is 0 Å². The smallest absolute Gasteiger partial charge is 0.338 e. The summed E-state index contributed by atoms with van der Waals surface area (Å²) in [7, 11) is 0. The Balaban J connectivity index is 2.20. The third-order valence-electron chi connectivity index (χ3n) is 2.15. The first-order chi connectivity index (χ1) is 7.34. The van der Waals surface area contributed by atoms with E-state index in [4.69, 9.17) is 4.74 Å². The van der Waals surface area contributed by atoms with Crippen LogP contribution in [0.15, 0.2) is 24.5 Å². The van der Waals surface area contributed by atoms with Crippen molar-refractivity contribution in [2.75, 3.05) is 6.61 Å². The molecular formula is C12H17NO2. The lowest BCUT2D eigenvalue weighted by Crippen LogP contribution is -2.06. The minimum Gasteiger partial charge on any atom is -0.462 e. The zero-order valence-corrected chi connectivity index (χ0v) is 9.11. The number of pyridine rings is 1. The van der Waals surface area contributed by atoms with Gasteiger partial charge in [0, 0.05) is 12.4 Å². The van der Waals surface area contributed by atoms with Gasteiger partial charge in [-0.2, -0.15) is 0 Å². The molecule has 3 heteroatoms. The van der Waals surface area contributed by atoms with Crippen LogP contribution in [0.25, 0.3) is 0 Å². The van der Waals surface area contributed by atoms with E-state index in [1.54, 1.807) is 24.5 Å². The van der Waals surface area contributed by atoms with Crippen LogP contribution in [0.4, 0.5) is 0 Å². The maximum atomic E-state index is 11.4. The van der Waals surface area contributed by atoms with Crippen molar-refractivity contribution in [2.24, 2.45) is 0 Å². The standard InChI is InChI=1S/C12H17NO2/c1-2-3-4-5-10-15-12(14)11-6-8-13-9-7-11/h6-9H,2-5,10H2,1H3. The van der Waals surface area contributed by atoms with Gasteiger partial charge in [-0.05, 0) is 18.6 Å². The van der Waals surface area contributed by atoms with Gasteiger partial charge in [-0.1, -0.05) is 26.2 Å². The number of esters is 1. The Morgan fingerprint density at radius 1 is 1.27 bits per heavy atom. The Labute approximate surface area is 90.5 Å². The molecule has 0 fully saturated rings. The lowest BCUT2D eigenvalue weighted by molar-refractivity contribution is 0.0497. The average molecular weight is 207 g/mol. The molecule has 0 unspecified atom stereocenters. The summed E-state index contributed by atoms with van der Waals surface area (Å²) in [6.07, 6.45) is 7.65. The zero-order chi connectivity index (χ0) is 10.9. The van der Waals surface area contributed by atoms with Crippen LogP contribution >= 0.6 is 0 Å². The molecule has 15 heavy (non-hydrogen) atoms. The molecule has 0 aromatic carbocycles. The highest BCUT2D eigenvalue weighted by Crippen LogP contribution is 2.02. The number of rotatable bonds is 6. The number of hydrogen-bond donors (Lipinski definition) is 0. The summed E-state index contributed by atoms with van der Waals surface area (Å²) in [4.78, 5) is 15.3. The van der Waals surface area contributed by atoms with Crippen molar-refractivity contribution >= 4 is 5.97 Å². The molecule has 0 radical (unpaired) electrons. The lowest BCUT2D eigenvalue weighted by Gasteiger charge is -2.03. The van der Waals surface area contributed by atoms with E-state index in [1.165, 1.54) is 12.8 Å². The van der Waals surface area contributed by atoms with Gasteiger partial charge >= 0.3 is 5.97 Å². The fraction of sp³-hybridized carbons (Fsp3) is 0.500. The van der Waals surface area contributed by atoms with Crippen molar-refractivity contribution in [1.29, 1.82) is 0 Å². The second-order valence-electron chi connectivity index (χ2n) is 3.43. The minimum atomic E-state index is -0.256. The molecule has 0 spiro atoms. The Bertz CT molecular complexity index is 285. The second-order valence-corrected chi connectivity index (χ2v) is 3.43. The molecule has 0 saturated carbocycles. The third-order valence-corrected chi connectivity index (χ3v) is 2.15. The van der Waals surface area contributed by atoms with Crippen molar-refractivity contribution < 1.29 is 9.53 Å². The van der Waals surface area contributed by atoms with E-state index in [-0.39, 0.29) is 5.97 Å². The maximum absolute atomic E-state index is 11.4. The fourth-order valence-corrected chi connectivity index (χ4v) is 1.27. The number of hydrogen-bond acceptors (Lipinski definition) is 3. The van der Waals surface area contributed by atoms with Gasteiger partial charge in [-0.3, -0.25) is 4.98 Å². The highest BCUT2D eigenvalue weighted by molar-refractivity contribution is 5.89. The predicted octanol–water partition coefficient (Wildman–Crippen LogP) is 2.82. The van der Waals surface area contributed by atoms with Gasteiger partial charge in [-0.25, -0.2) is 4.79 Å². The van der Waals surface area contributed by atoms with Crippen LogP contribution in [-0.2, 0) is 4.74 Å². The molecule has 0 atom stereocenters. The topological polar surface area (TPSA) is 39.2 Å². The van der Waals surface area contributed by atoms with E-state index in [9.17, 15) is 4.79 Å². The molecule has 3 nitrogen and oxygen atoms in total. The number of carbonyl (C=O) groups is 1. The first-order valence-corrected chi connectivity index (χ1v) is 5.41. The minimum absolute atomic E-state index is 0.256. The van der Waals surface area contributed by atoms with Gasteiger partial charge < -0.3 is 4.74 Å². The normalized spacial score (nSPS) is 9.93. The predicted molar refractivity (Wildman–Crippen MR) is 58.7 cm³/mol. The van der Waals surface area contributed by atoms with Gasteiger partial charge in [0.1, 0.15) is 0 Å². The lowest BCUT2D eigenvalue weighted by atomic mass is 10.2. The van der Waals surface area contributed by atoms with Crippen LogP contribution in [0.3, 0.4) is 0 Å². The summed E-state index contributed by atoms with van der Waals surface area (Å²) >= 11 is 0. The Morgan fingerprint density at radius 3 is 2.67 bits per heavy atom. The monoisotopic (exact) mass is 207 g/mol. The van der Waals surface area contributed by atoms with Crippen LogP contribution in [0.2, 0.25) is 0 Å². The second kappa shape index (κ2) is 6.98. The molecular weight excluding hydrogens is 190 g/mol. The van der Waals surface area contributed by atoms with Crippen molar-refractivity contribution in [1.82, 2.24) is 4.98 Å². The molecule has 0 aliphatic carbocycles. The van der Waals surface area contributed by atoms with Crippen molar-refractivity contribution in [3.05, 3.63) is 30.1 Å². The Kier molecular flexibility index (Phi) is 5.44. The molecule has 0 saturated heterocycles. The van der Waals surface area contributed by atoms with Crippen molar-refractivity contribution in [3.8, 4) is 0 Å². The van der Waals surface area contributed by atoms with E-state index in [2.05, 4.69) is 11.9 Å². The van der Waals surface area contributed by atoms with Crippen LogP contribution < -0.4 is 0 Å². The van der Waals surface area contributed by atoms with Gasteiger partial charge in [-0.15, -0.1) is 0 Å². The molecule has 1 aromatic heterocycles. The SMILES string of the molecule is CCCCCCOC(=O)c1ccncc1. The van der Waals surface area contributed by atoms with Crippen LogP contribution in [0.5, 0.6) is 0 Å². The first kappa shape index (κ1) is 11.7. The average Bonchev–Trinajstić information content (AvgIpc) is 2.30. The molecule has 0 aliphatic rings. The number of carbonyl (C=O) groups excluding carboxylic acids is 1. The molecule has 1 aromatic rings. The highest BCUT2D eigenvalue weighted by atomic mass is 16.5. The van der Waals surface area contributed by atoms with E-state index >= 15 is 0 Å². The summed E-state index contributed by atoms with van der Waals surface area (Å²) in [5.41, 5.74) is 0.570. The first-order valence-electron chi connectivity index (χ1n) is 5.41. The molecule has 0 amide bonds. The van der Waals surface area contributed by atoms with Crippen LogP contribution in [0, 0.1) is 0 Å². The summed E-state index contributed by atoms with van der Waals surface area (Å²) in [5.74, 6) is -0.256. The zero-order valence-electron chi connectivity index (χ0n) is 9.11. The Hall–Kier alpha value is -1.38. The molecule has 1 rings (SSSR count). The number of unbranched alkanes of at least 4 members (excludes halogenated alkanes) is 3. The third kappa shape index (κ3) is 4.58. The summed E-state index contributed by atoms with van der Waals surface area (Å²) in [5, 5.41) is 0. The van der Waals surface area contributed by atoms with E-state index in [0.717, 1.165) is 12.8 Å². The number of nitrogens with zero attached hydrogens (tertiary/aromatic N) is 1. The molecule has 0 aliphatic heterocycles. The quantitative estimate of drug-likeness (QED) is 0.532. The van der Waals surface area contributed by atoms with E-state index < -0.39 is 0 Å². The van der Waals surface area contributed by atoms with Crippen LogP contribution in [-0.4, -0.2) is 17.6 Å². The fourth-order valence-electron chi connectivity index (χ4n) is 1.27. The summed E-state index contributed by atoms with van der Waals surface area (Å²) in [6.45, 7) is 2.67. The summed E-state index contributed by atoms with van der Waals surface area (Å²) < 4.78 is 5.11. The van der Waals surface area contributed by atoms with Crippen molar-refractivity contribution in [2.45, 2.75) is 32.6 Å².